The van der Waals surface area contributed by atoms with Crippen molar-refractivity contribution in [3.63, 3.8) is 0 Å². The van der Waals surface area contributed by atoms with Crippen LogP contribution in [0.5, 0.6) is 0 Å². The number of esters is 1. The average Bonchev–Trinajstić information content (AvgIpc) is 2.84. The van der Waals surface area contributed by atoms with Crippen molar-refractivity contribution in [2.24, 2.45) is 5.41 Å². The quantitative estimate of drug-likeness (QED) is 0.135. The summed E-state index contributed by atoms with van der Waals surface area (Å²) >= 11 is 0. The van der Waals surface area contributed by atoms with E-state index in [-0.39, 0.29) is 16.7 Å². The van der Waals surface area contributed by atoms with E-state index in [2.05, 4.69) is 60.6 Å². The molecule has 1 rings (SSSR count). The lowest BCUT2D eigenvalue weighted by Crippen LogP contribution is -2.37. The Labute approximate surface area is 236 Å². The number of aliphatic hydroxyl groups is 1. The summed E-state index contributed by atoms with van der Waals surface area (Å²) < 4.78 is 5.53. The molecule has 0 aliphatic heterocycles. The van der Waals surface area contributed by atoms with Crippen molar-refractivity contribution in [2.75, 3.05) is 6.61 Å². The first-order chi connectivity index (χ1) is 18.0. The van der Waals surface area contributed by atoms with E-state index in [1.807, 2.05) is 12.1 Å². The van der Waals surface area contributed by atoms with Crippen LogP contribution in [-0.2, 0) is 14.9 Å². The van der Waals surface area contributed by atoms with E-state index in [4.69, 9.17) is 4.74 Å². The molecule has 1 aromatic carbocycles. The van der Waals surface area contributed by atoms with Gasteiger partial charge in [0, 0.05) is 5.92 Å². The molecule has 3 nitrogen and oxygen atoms in total. The van der Waals surface area contributed by atoms with Gasteiger partial charge in [-0.3, -0.25) is 0 Å². The summed E-state index contributed by atoms with van der Waals surface area (Å²) in [5, 5.41) is 11.0. The van der Waals surface area contributed by atoms with E-state index in [0.717, 1.165) is 18.4 Å². The number of hydrogen-bond donors (Lipinski definition) is 1. The van der Waals surface area contributed by atoms with Crippen molar-refractivity contribution in [3.8, 4) is 0 Å². The topological polar surface area (TPSA) is 46.5 Å². The molecule has 0 aromatic heterocycles. The van der Waals surface area contributed by atoms with Crippen LogP contribution in [0.15, 0.2) is 24.3 Å². The Balaban J connectivity index is 2.22. The fraction of sp³-hybridized carbons (Fsp3) is 0.800. The Kier molecular flexibility index (Phi) is 17.2. The van der Waals surface area contributed by atoms with Crippen molar-refractivity contribution >= 4 is 5.97 Å². The largest absolute Gasteiger partial charge is 0.464 e. The standard InChI is InChI=1S/C35H62O3/c1-8-9-10-11-12-13-14-15-16-17-18-19-20-21-22-23-27-38-33(37)32(36)31(35(5,6)7)29-25-24-26-30(28-29)34(2,3)4/h24-26,28,31-32,36H,8-23,27H2,1-7H3. The van der Waals surface area contributed by atoms with Crippen LogP contribution in [0, 0.1) is 5.41 Å². The zero-order valence-electron chi connectivity index (χ0n) is 26.2. The lowest BCUT2D eigenvalue weighted by molar-refractivity contribution is -0.156. The highest BCUT2D eigenvalue weighted by atomic mass is 16.5. The van der Waals surface area contributed by atoms with E-state index >= 15 is 0 Å². The molecular weight excluding hydrogens is 468 g/mol. The highest BCUT2D eigenvalue weighted by Crippen LogP contribution is 2.39. The number of unbranched alkanes of at least 4 members (excludes halogenated alkanes) is 15. The number of carbonyl (C=O) groups is 1. The Morgan fingerprint density at radius 3 is 1.61 bits per heavy atom. The van der Waals surface area contributed by atoms with Crippen LogP contribution in [0.4, 0.5) is 0 Å². The Bertz CT molecular complexity index is 740. The molecule has 0 heterocycles. The van der Waals surface area contributed by atoms with Gasteiger partial charge in [-0.1, -0.05) is 169 Å². The third-order valence-electron chi connectivity index (χ3n) is 7.84. The minimum Gasteiger partial charge on any atom is -0.464 e. The Morgan fingerprint density at radius 2 is 1.18 bits per heavy atom. The Hall–Kier alpha value is -1.35. The zero-order chi connectivity index (χ0) is 28.4. The van der Waals surface area contributed by atoms with Crippen LogP contribution in [-0.4, -0.2) is 23.8 Å². The van der Waals surface area contributed by atoms with E-state index in [1.165, 1.54) is 95.5 Å². The normalized spacial score (nSPS) is 13.9. The summed E-state index contributed by atoms with van der Waals surface area (Å²) in [7, 11) is 0. The molecule has 38 heavy (non-hydrogen) atoms. The lowest BCUT2D eigenvalue weighted by Gasteiger charge is -2.34. The first-order valence-corrected chi connectivity index (χ1v) is 15.9. The smallest absolute Gasteiger partial charge is 0.335 e. The first kappa shape index (κ1) is 34.7. The maximum absolute atomic E-state index is 12.8. The molecule has 0 radical (unpaired) electrons. The molecule has 0 saturated carbocycles. The van der Waals surface area contributed by atoms with Crippen molar-refractivity contribution in [2.45, 2.75) is 169 Å². The third kappa shape index (κ3) is 14.7. The second-order valence-corrected chi connectivity index (χ2v) is 13.6. The summed E-state index contributed by atoms with van der Waals surface area (Å²) in [5.41, 5.74) is 1.94. The van der Waals surface area contributed by atoms with Crippen LogP contribution in [0.2, 0.25) is 0 Å². The zero-order valence-corrected chi connectivity index (χ0v) is 26.2. The van der Waals surface area contributed by atoms with Gasteiger partial charge in [0.25, 0.3) is 0 Å². The predicted molar refractivity (Wildman–Crippen MR) is 164 cm³/mol. The SMILES string of the molecule is CCCCCCCCCCCCCCCCCCOC(=O)C(O)C(c1cccc(C(C)(C)C)c1)C(C)(C)C. The van der Waals surface area contributed by atoms with Crippen molar-refractivity contribution in [3.05, 3.63) is 35.4 Å². The van der Waals surface area contributed by atoms with Gasteiger partial charge in [0.05, 0.1) is 6.61 Å². The van der Waals surface area contributed by atoms with Crippen molar-refractivity contribution in [1.82, 2.24) is 0 Å². The van der Waals surface area contributed by atoms with Crippen LogP contribution in [0.3, 0.4) is 0 Å². The van der Waals surface area contributed by atoms with Gasteiger partial charge in [0.1, 0.15) is 0 Å². The van der Waals surface area contributed by atoms with Crippen LogP contribution >= 0.6 is 0 Å². The molecule has 3 heteroatoms. The monoisotopic (exact) mass is 530 g/mol. The number of rotatable bonds is 20. The van der Waals surface area contributed by atoms with E-state index < -0.39 is 12.1 Å². The number of hydrogen-bond acceptors (Lipinski definition) is 3. The molecule has 0 fully saturated rings. The predicted octanol–water partition coefficient (Wildman–Crippen LogP) is 10.3. The van der Waals surface area contributed by atoms with Gasteiger partial charge in [-0.25, -0.2) is 4.79 Å². The van der Waals surface area contributed by atoms with Gasteiger partial charge in [-0.2, -0.15) is 0 Å². The molecule has 0 saturated heterocycles. The van der Waals surface area contributed by atoms with Crippen LogP contribution in [0.1, 0.15) is 168 Å². The second kappa shape index (κ2) is 18.9. The average molecular weight is 531 g/mol. The molecule has 1 aromatic rings. The first-order valence-electron chi connectivity index (χ1n) is 15.9. The fourth-order valence-corrected chi connectivity index (χ4v) is 5.40. The van der Waals surface area contributed by atoms with E-state index in [0.29, 0.717) is 6.61 Å². The summed E-state index contributed by atoms with van der Waals surface area (Å²) in [6.45, 7) is 15.5. The van der Waals surface area contributed by atoms with Crippen molar-refractivity contribution in [1.29, 1.82) is 0 Å². The molecule has 0 aliphatic carbocycles. The molecule has 2 atom stereocenters. The molecule has 220 valence electrons. The Morgan fingerprint density at radius 1 is 0.737 bits per heavy atom. The number of ether oxygens (including phenoxy) is 1. The fourth-order valence-electron chi connectivity index (χ4n) is 5.40. The maximum Gasteiger partial charge on any atom is 0.335 e. The van der Waals surface area contributed by atoms with E-state index in [9.17, 15) is 9.90 Å². The molecule has 2 unspecified atom stereocenters. The molecular formula is C35H62O3. The van der Waals surface area contributed by atoms with Gasteiger partial charge >= 0.3 is 5.97 Å². The third-order valence-corrected chi connectivity index (χ3v) is 7.84. The molecule has 0 aliphatic rings. The van der Waals surface area contributed by atoms with Gasteiger partial charge in [-0.05, 0) is 28.4 Å². The maximum atomic E-state index is 12.8. The molecule has 0 amide bonds. The minimum atomic E-state index is -1.16. The van der Waals surface area contributed by atoms with Crippen LogP contribution < -0.4 is 0 Å². The molecule has 0 spiro atoms. The van der Waals surface area contributed by atoms with E-state index in [1.54, 1.807) is 0 Å². The minimum absolute atomic E-state index is 0.0111. The lowest BCUT2D eigenvalue weighted by atomic mass is 9.72. The van der Waals surface area contributed by atoms with Gasteiger partial charge < -0.3 is 9.84 Å². The summed E-state index contributed by atoms with van der Waals surface area (Å²) in [6.07, 6.45) is 19.9. The molecule has 1 N–H and O–H groups in total. The number of aliphatic hydroxyl groups excluding tert-OH is 1. The highest BCUT2D eigenvalue weighted by Gasteiger charge is 2.38. The summed E-state index contributed by atoms with van der Waals surface area (Å²) in [5.74, 6) is -0.810. The van der Waals surface area contributed by atoms with Gasteiger partial charge in [-0.15, -0.1) is 0 Å². The number of benzene rings is 1. The molecule has 0 bridgehead atoms. The van der Waals surface area contributed by atoms with Gasteiger partial charge in [0.2, 0.25) is 0 Å². The number of carbonyl (C=O) groups excluding carboxylic acids is 1. The van der Waals surface area contributed by atoms with Gasteiger partial charge in [0.15, 0.2) is 6.10 Å². The van der Waals surface area contributed by atoms with Crippen molar-refractivity contribution < 1.29 is 14.6 Å². The summed E-state index contributed by atoms with van der Waals surface area (Å²) in [6, 6.07) is 8.31. The summed E-state index contributed by atoms with van der Waals surface area (Å²) in [4.78, 5) is 12.8. The highest BCUT2D eigenvalue weighted by molar-refractivity contribution is 5.76. The second-order valence-electron chi connectivity index (χ2n) is 13.6. The van der Waals surface area contributed by atoms with Crippen LogP contribution in [0.25, 0.3) is 0 Å².